The maximum Gasteiger partial charge on any atom is 0.160 e. The highest BCUT2D eigenvalue weighted by molar-refractivity contribution is 5.98. The lowest BCUT2D eigenvalue weighted by Gasteiger charge is -2.10. The zero-order valence-corrected chi connectivity index (χ0v) is 9.68. The van der Waals surface area contributed by atoms with Crippen molar-refractivity contribution >= 4 is 11.6 Å². The summed E-state index contributed by atoms with van der Waals surface area (Å²) in [5.74, 6) is 0.117. The number of hydrogen-bond donors (Lipinski definition) is 0. The van der Waals surface area contributed by atoms with Crippen LogP contribution in [0, 0.1) is 13.8 Å². The Labute approximate surface area is 90.3 Å². The van der Waals surface area contributed by atoms with Gasteiger partial charge in [-0.2, -0.15) is 0 Å². The number of hydrogen-bond acceptors (Lipinski definition) is 2. The second-order valence-electron chi connectivity index (χ2n) is 4.05. The summed E-state index contributed by atoms with van der Waals surface area (Å²) in [6.07, 6.45) is 0.345. The smallest absolute Gasteiger partial charge is 0.160 e. The standard InChI is InChI=1S/C13H16O2/c1-8-5-9(2)13(11(4)15)12(6-8)7-10(3)14/h5-6H,7H2,1-4H3. The van der Waals surface area contributed by atoms with Gasteiger partial charge in [-0.1, -0.05) is 17.7 Å². The summed E-state index contributed by atoms with van der Waals surface area (Å²) in [5.41, 5.74) is 3.61. The first kappa shape index (κ1) is 11.6. The molecule has 1 aromatic carbocycles. The number of aryl methyl sites for hydroxylation is 2. The van der Waals surface area contributed by atoms with Gasteiger partial charge in [0, 0.05) is 12.0 Å². The molecule has 0 aliphatic heterocycles. The fourth-order valence-corrected chi connectivity index (χ4v) is 1.97. The largest absolute Gasteiger partial charge is 0.300 e. The summed E-state index contributed by atoms with van der Waals surface area (Å²) in [7, 11) is 0. The van der Waals surface area contributed by atoms with Crippen LogP contribution < -0.4 is 0 Å². The van der Waals surface area contributed by atoms with E-state index >= 15 is 0 Å². The van der Waals surface area contributed by atoms with Crippen LogP contribution in [0.4, 0.5) is 0 Å². The Bertz CT molecular complexity index is 417. The molecule has 0 fully saturated rings. The fraction of sp³-hybridized carbons (Fsp3) is 0.385. The zero-order chi connectivity index (χ0) is 11.6. The van der Waals surface area contributed by atoms with E-state index in [2.05, 4.69) is 0 Å². The SMILES string of the molecule is CC(=O)Cc1cc(C)cc(C)c1C(C)=O. The van der Waals surface area contributed by atoms with Crippen molar-refractivity contribution in [2.45, 2.75) is 34.1 Å². The molecule has 0 aromatic heterocycles. The first-order valence-corrected chi connectivity index (χ1v) is 5.02. The lowest BCUT2D eigenvalue weighted by molar-refractivity contribution is -0.116. The fourth-order valence-electron chi connectivity index (χ4n) is 1.97. The van der Waals surface area contributed by atoms with Crippen molar-refractivity contribution in [1.82, 2.24) is 0 Å². The molecule has 1 aromatic rings. The first-order chi connectivity index (χ1) is 6.91. The third-order valence-corrected chi connectivity index (χ3v) is 2.35. The Hall–Kier alpha value is -1.44. The molecule has 0 spiro atoms. The average Bonchev–Trinajstić information content (AvgIpc) is 1.99. The Balaban J connectivity index is 3.33. The van der Waals surface area contributed by atoms with Gasteiger partial charge >= 0.3 is 0 Å². The van der Waals surface area contributed by atoms with Gasteiger partial charge < -0.3 is 0 Å². The minimum atomic E-state index is 0.0313. The molecule has 0 heterocycles. The summed E-state index contributed by atoms with van der Waals surface area (Å²) in [4.78, 5) is 22.6. The maximum atomic E-state index is 11.5. The minimum Gasteiger partial charge on any atom is -0.300 e. The monoisotopic (exact) mass is 204 g/mol. The third kappa shape index (κ3) is 2.75. The van der Waals surface area contributed by atoms with E-state index in [9.17, 15) is 9.59 Å². The third-order valence-electron chi connectivity index (χ3n) is 2.35. The molecule has 0 bridgehead atoms. The van der Waals surface area contributed by atoms with E-state index in [1.807, 2.05) is 26.0 Å². The molecule has 0 aliphatic rings. The van der Waals surface area contributed by atoms with Crippen LogP contribution in [-0.2, 0) is 11.2 Å². The maximum absolute atomic E-state index is 11.5. The van der Waals surface area contributed by atoms with E-state index in [-0.39, 0.29) is 11.6 Å². The van der Waals surface area contributed by atoms with Gasteiger partial charge in [0.15, 0.2) is 5.78 Å². The van der Waals surface area contributed by atoms with Crippen LogP contribution >= 0.6 is 0 Å². The second kappa shape index (κ2) is 4.39. The molecule has 0 saturated carbocycles. The van der Waals surface area contributed by atoms with E-state index in [1.54, 1.807) is 13.8 Å². The second-order valence-corrected chi connectivity index (χ2v) is 4.05. The quantitative estimate of drug-likeness (QED) is 0.709. The molecule has 0 aliphatic carbocycles. The number of carbonyl (C=O) groups excluding carboxylic acids is 2. The summed E-state index contributed by atoms with van der Waals surface area (Å²) in [5, 5.41) is 0. The van der Waals surface area contributed by atoms with E-state index in [4.69, 9.17) is 0 Å². The highest BCUT2D eigenvalue weighted by Crippen LogP contribution is 2.18. The molecule has 0 atom stereocenters. The van der Waals surface area contributed by atoms with Crippen LogP contribution in [0.1, 0.15) is 40.9 Å². The number of benzene rings is 1. The Morgan fingerprint density at radius 1 is 1.13 bits per heavy atom. The Morgan fingerprint density at radius 3 is 2.20 bits per heavy atom. The number of rotatable bonds is 3. The molecular weight excluding hydrogens is 188 g/mol. The Kier molecular flexibility index (Phi) is 3.40. The van der Waals surface area contributed by atoms with Crippen molar-refractivity contribution in [2.24, 2.45) is 0 Å². The summed E-state index contributed by atoms with van der Waals surface area (Å²) < 4.78 is 0. The highest BCUT2D eigenvalue weighted by atomic mass is 16.1. The van der Waals surface area contributed by atoms with Crippen LogP contribution in [0.3, 0.4) is 0 Å². The summed E-state index contributed by atoms with van der Waals surface area (Å²) in [6, 6.07) is 3.89. The summed E-state index contributed by atoms with van der Waals surface area (Å²) >= 11 is 0. The topological polar surface area (TPSA) is 34.1 Å². The molecule has 1 rings (SSSR count). The lowest BCUT2D eigenvalue weighted by Crippen LogP contribution is -2.07. The van der Waals surface area contributed by atoms with Crippen molar-refractivity contribution in [2.75, 3.05) is 0 Å². The molecule has 15 heavy (non-hydrogen) atoms. The average molecular weight is 204 g/mol. The van der Waals surface area contributed by atoms with Gasteiger partial charge in [-0.15, -0.1) is 0 Å². The van der Waals surface area contributed by atoms with E-state index in [0.717, 1.165) is 16.7 Å². The van der Waals surface area contributed by atoms with E-state index in [0.29, 0.717) is 12.0 Å². The van der Waals surface area contributed by atoms with Crippen molar-refractivity contribution in [3.63, 3.8) is 0 Å². The number of carbonyl (C=O) groups is 2. The van der Waals surface area contributed by atoms with Crippen LogP contribution in [0.5, 0.6) is 0 Å². The predicted molar refractivity (Wildman–Crippen MR) is 60.3 cm³/mol. The molecule has 2 nitrogen and oxygen atoms in total. The number of Topliss-reactive ketones (excluding diaryl/α,β-unsaturated/α-hetero) is 2. The highest BCUT2D eigenvalue weighted by Gasteiger charge is 2.12. The molecule has 0 unspecified atom stereocenters. The van der Waals surface area contributed by atoms with Gasteiger partial charge in [-0.05, 0) is 38.8 Å². The van der Waals surface area contributed by atoms with Crippen LogP contribution in [0.25, 0.3) is 0 Å². The molecule has 0 amide bonds. The van der Waals surface area contributed by atoms with Gasteiger partial charge in [0.25, 0.3) is 0 Å². The molecule has 0 N–H and O–H groups in total. The minimum absolute atomic E-state index is 0.0313. The zero-order valence-electron chi connectivity index (χ0n) is 9.68. The predicted octanol–water partition coefficient (Wildman–Crippen LogP) is 2.64. The van der Waals surface area contributed by atoms with Crippen LogP contribution in [0.15, 0.2) is 12.1 Å². The van der Waals surface area contributed by atoms with Gasteiger partial charge in [0.1, 0.15) is 5.78 Å². The van der Waals surface area contributed by atoms with Crippen molar-refractivity contribution < 1.29 is 9.59 Å². The van der Waals surface area contributed by atoms with Crippen molar-refractivity contribution in [3.05, 3.63) is 34.4 Å². The van der Waals surface area contributed by atoms with Crippen LogP contribution in [-0.4, -0.2) is 11.6 Å². The molecule has 0 radical (unpaired) electrons. The first-order valence-electron chi connectivity index (χ1n) is 5.02. The number of ketones is 2. The molecule has 80 valence electrons. The molecule has 0 saturated heterocycles. The normalized spacial score (nSPS) is 10.1. The molecule has 2 heteroatoms. The Morgan fingerprint density at radius 2 is 1.73 bits per heavy atom. The van der Waals surface area contributed by atoms with Gasteiger partial charge in [-0.3, -0.25) is 9.59 Å². The van der Waals surface area contributed by atoms with Crippen molar-refractivity contribution in [1.29, 1.82) is 0 Å². The lowest BCUT2D eigenvalue weighted by atomic mass is 9.93. The molecular formula is C13H16O2. The van der Waals surface area contributed by atoms with E-state index in [1.165, 1.54) is 0 Å². The summed E-state index contributed by atoms with van der Waals surface area (Å²) in [6.45, 7) is 6.97. The van der Waals surface area contributed by atoms with E-state index < -0.39 is 0 Å². The van der Waals surface area contributed by atoms with Crippen LogP contribution in [0.2, 0.25) is 0 Å². The van der Waals surface area contributed by atoms with Crippen molar-refractivity contribution in [3.8, 4) is 0 Å². The van der Waals surface area contributed by atoms with Gasteiger partial charge in [-0.25, -0.2) is 0 Å². The van der Waals surface area contributed by atoms with Gasteiger partial charge in [0.05, 0.1) is 0 Å². The van der Waals surface area contributed by atoms with Gasteiger partial charge in [0.2, 0.25) is 0 Å².